The van der Waals surface area contributed by atoms with Crippen molar-refractivity contribution < 1.29 is 9.84 Å². The van der Waals surface area contributed by atoms with E-state index in [4.69, 9.17) is 4.74 Å². The number of ether oxygens (including phenoxy) is 1. The van der Waals surface area contributed by atoms with Crippen molar-refractivity contribution in [1.29, 1.82) is 0 Å². The zero-order valence-electron chi connectivity index (χ0n) is 13.3. The Bertz CT molecular complexity index is 589. The minimum absolute atomic E-state index is 0.105. The van der Waals surface area contributed by atoms with Gasteiger partial charge in [-0.15, -0.1) is 0 Å². The summed E-state index contributed by atoms with van der Waals surface area (Å²) in [6, 6.07) is 12.1. The first-order chi connectivity index (χ1) is 9.91. The van der Waals surface area contributed by atoms with E-state index in [1.807, 2.05) is 37.3 Å². The zero-order chi connectivity index (χ0) is 15.5. The molecule has 1 aromatic heterocycles. The van der Waals surface area contributed by atoms with E-state index in [0.29, 0.717) is 13.0 Å². The normalized spacial score (nSPS) is 15.1. The van der Waals surface area contributed by atoms with Gasteiger partial charge < -0.3 is 9.84 Å². The number of benzene rings is 1. The third kappa shape index (κ3) is 4.02. The van der Waals surface area contributed by atoms with E-state index in [1.165, 1.54) is 0 Å². The Morgan fingerprint density at radius 1 is 1.14 bits per heavy atom. The third-order valence-corrected chi connectivity index (χ3v) is 3.62. The van der Waals surface area contributed by atoms with Gasteiger partial charge in [-0.3, -0.25) is 4.98 Å². The van der Waals surface area contributed by atoms with Gasteiger partial charge in [0.1, 0.15) is 0 Å². The second kappa shape index (κ2) is 6.54. The van der Waals surface area contributed by atoms with Gasteiger partial charge in [0.05, 0.1) is 17.7 Å². The van der Waals surface area contributed by atoms with E-state index < -0.39 is 6.10 Å². The Labute approximate surface area is 127 Å². The molecule has 0 aliphatic rings. The summed E-state index contributed by atoms with van der Waals surface area (Å²) in [5.41, 5.74) is 1.76. The van der Waals surface area contributed by atoms with Gasteiger partial charge in [0.25, 0.3) is 0 Å². The summed E-state index contributed by atoms with van der Waals surface area (Å²) in [5.74, 6) is 0. The van der Waals surface area contributed by atoms with Crippen molar-refractivity contribution in [3.05, 3.63) is 42.1 Å². The Hall–Kier alpha value is -1.45. The highest BCUT2D eigenvalue weighted by atomic mass is 16.5. The van der Waals surface area contributed by atoms with Crippen LogP contribution in [0, 0.1) is 5.41 Å². The fourth-order valence-electron chi connectivity index (χ4n) is 2.66. The molecule has 114 valence electrons. The van der Waals surface area contributed by atoms with Crippen LogP contribution in [0.1, 0.15) is 33.4 Å². The van der Waals surface area contributed by atoms with Crippen molar-refractivity contribution in [3.63, 3.8) is 0 Å². The number of para-hydroxylation sites is 1. The van der Waals surface area contributed by atoms with Gasteiger partial charge in [0.2, 0.25) is 0 Å². The maximum Gasteiger partial charge on any atom is 0.0885 e. The van der Waals surface area contributed by atoms with E-state index in [-0.39, 0.29) is 11.5 Å². The van der Waals surface area contributed by atoms with Crippen LogP contribution in [0.4, 0.5) is 0 Å². The molecule has 21 heavy (non-hydrogen) atoms. The molecule has 0 radical (unpaired) electrons. The van der Waals surface area contributed by atoms with Crippen LogP contribution in [0.5, 0.6) is 0 Å². The highest BCUT2D eigenvalue weighted by molar-refractivity contribution is 5.78. The lowest BCUT2D eigenvalue weighted by Crippen LogP contribution is -2.41. The van der Waals surface area contributed by atoms with Gasteiger partial charge in [-0.1, -0.05) is 45.0 Å². The predicted octanol–water partition coefficient (Wildman–Crippen LogP) is 3.59. The molecule has 2 unspecified atom stereocenters. The first-order valence-corrected chi connectivity index (χ1v) is 7.56. The molecule has 0 saturated heterocycles. The number of pyridine rings is 1. The molecule has 0 bridgehead atoms. The molecule has 1 aromatic carbocycles. The van der Waals surface area contributed by atoms with E-state index in [0.717, 1.165) is 16.6 Å². The smallest absolute Gasteiger partial charge is 0.0885 e. The quantitative estimate of drug-likeness (QED) is 0.914. The van der Waals surface area contributed by atoms with Crippen molar-refractivity contribution >= 4 is 10.9 Å². The van der Waals surface area contributed by atoms with Crippen LogP contribution >= 0.6 is 0 Å². The van der Waals surface area contributed by atoms with Gasteiger partial charge in [-0.25, -0.2) is 0 Å². The van der Waals surface area contributed by atoms with E-state index in [2.05, 4.69) is 31.8 Å². The number of hydrogen-bond donors (Lipinski definition) is 1. The maximum atomic E-state index is 10.5. The second-order valence-electron chi connectivity index (χ2n) is 6.51. The van der Waals surface area contributed by atoms with Crippen LogP contribution in [0.15, 0.2) is 36.4 Å². The first-order valence-electron chi connectivity index (χ1n) is 7.56. The molecule has 0 aliphatic heterocycles. The number of aromatic nitrogens is 1. The number of rotatable bonds is 5. The molecule has 2 aromatic rings. The van der Waals surface area contributed by atoms with Gasteiger partial charge in [0.15, 0.2) is 0 Å². The standard InChI is InChI=1S/C18H25NO2/c1-5-21-17(18(2,3)4)16(20)12-14-11-10-13-8-6-7-9-15(13)19-14/h6-11,16-17,20H,5,12H2,1-4H3. The highest BCUT2D eigenvalue weighted by Crippen LogP contribution is 2.26. The number of fused-ring (bicyclic) bond motifs is 1. The number of aliphatic hydroxyl groups is 1. The lowest BCUT2D eigenvalue weighted by atomic mass is 9.84. The van der Waals surface area contributed by atoms with Gasteiger partial charge in [0, 0.05) is 24.1 Å². The van der Waals surface area contributed by atoms with Crippen LogP contribution in [0.3, 0.4) is 0 Å². The molecule has 0 fully saturated rings. The SMILES string of the molecule is CCOC(C(O)Cc1ccc2ccccc2n1)C(C)(C)C. The highest BCUT2D eigenvalue weighted by Gasteiger charge is 2.32. The molecule has 1 heterocycles. The molecule has 0 saturated carbocycles. The van der Waals surface area contributed by atoms with Crippen LogP contribution in [-0.4, -0.2) is 28.9 Å². The van der Waals surface area contributed by atoms with Crippen LogP contribution in [0.25, 0.3) is 10.9 Å². The molecule has 2 atom stereocenters. The van der Waals surface area contributed by atoms with Crippen LogP contribution < -0.4 is 0 Å². The Balaban J connectivity index is 2.17. The second-order valence-corrected chi connectivity index (χ2v) is 6.51. The zero-order valence-corrected chi connectivity index (χ0v) is 13.3. The Morgan fingerprint density at radius 3 is 2.52 bits per heavy atom. The number of aliphatic hydroxyl groups excluding tert-OH is 1. The summed E-state index contributed by atoms with van der Waals surface area (Å²) in [5, 5.41) is 11.7. The van der Waals surface area contributed by atoms with Gasteiger partial charge in [-0.2, -0.15) is 0 Å². The summed E-state index contributed by atoms with van der Waals surface area (Å²) in [6.07, 6.45) is -0.248. The van der Waals surface area contributed by atoms with Crippen molar-refractivity contribution in [3.8, 4) is 0 Å². The summed E-state index contributed by atoms with van der Waals surface area (Å²) < 4.78 is 5.75. The molecular formula is C18H25NO2. The van der Waals surface area contributed by atoms with Gasteiger partial charge >= 0.3 is 0 Å². The number of nitrogens with zero attached hydrogens (tertiary/aromatic N) is 1. The molecule has 3 heteroatoms. The average Bonchev–Trinajstić information content (AvgIpc) is 2.43. The van der Waals surface area contributed by atoms with E-state index in [9.17, 15) is 5.11 Å². The van der Waals surface area contributed by atoms with Gasteiger partial charge in [-0.05, 0) is 24.5 Å². The van der Waals surface area contributed by atoms with Crippen molar-refractivity contribution in [2.75, 3.05) is 6.61 Å². The molecule has 1 N–H and O–H groups in total. The molecule has 0 spiro atoms. The van der Waals surface area contributed by atoms with E-state index >= 15 is 0 Å². The molecule has 2 rings (SSSR count). The molecule has 3 nitrogen and oxygen atoms in total. The summed E-state index contributed by atoms with van der Waals surface area (Å²) in [6.45, 7) is 8.82. The Kier molecular flexibility index (Phi) is 4.96. The summed E-state index contributed by atoms with van der Waals surface area (Å²) in [7, 11) is 0. The minimum atomic E-state index is -0.557. The average molecular weight is 287 g/mol. The fourth-order valence-corrected chi connectivity index (χ4v) is 2.66. The lowest BCUT2D eigenvalue weighted by molar-refractivity contribution is -0.0876. The maximum absolute atomic E-state index is 10.5. The van der Waals surface area contributed by atoms with Crippen LogP contribution in [0.2, 0.25) is 0 Å². The summed E-state index contributed by atoms with van der Waals surface area (Å²) in [4.78, 5) is 4.62. The molecular weight excluding hydrogens is 262 g/mol. The first kappa shape index (κ1) is 15.9. The molecule has 0 amide bonds. The minimum Gasteiger partial charge on any atom is -0.390 e. The monoisotopic (exact) mass is 287 g/mol. The van der Waals surface area contributed by atoms with Crippen molar-refractivity contribution in [2.24, 2.45) is 5.41 Å². The Morgan fingerprint density at radius 2 is 1.86 bits per heavy atom. The van der Waals surface area contributed by atoms with E-state index in [1.54, 1.807) is 0 Å². The third-order valence-electron chi connectivity index (χ3n) is 3.62. The fraction of sp³-hybridized carbons (Fsp3) is 0.500. The summed E-state index contributed by atoms with van der Waals surface area (Å²) >= 11 is 0. The number of hydrogen-bond acceptors (Lipinski definition) is 3. The molecule has 0 aliphatic carbocycles. The predicted molar refractivity (Wildman–Crippen MR) is 86.3 cm³/mol. The van der Waals surface area contributed by atoms with Crippen molar-refractivity contribution in [2.45, 2.75) is 46.3 Å². The van der Waals surface area contributed by atoms with Crippen molar-refractivity contribution in [1.82, 2.24) is 4.98 Å². The largest absolute Gasteiger partial charge is 0.390 e. The van der Waals surface area contributed by atoms with Crippen LogP contribution in [-0.2, 0) is 11.2 Å². The topological polar surface area (TPSA) is 42.4 Å². The lowest BCUT2D eigenvalue weighted by Gasteiger charge is -2.34.